The minimum atomic E-state index is -4.31. The topological polar surface area (TPSA) is 21.3 Å². The maximum atomic E-state index is 12.5. The maximum absolute atomic E-state index is 12.5. The number of hydrogen-bond acceptors (Lipinski definition) is 2. The molecule has 0 amide bonds. The third-order valence-electron chi connectivity index (χ3n) is 3.64. The van der Waals surface area contributed by atoms with Gasteiger partial charge in [-0.2, -0.15) is 13.2 Å². The van der Waals surface area contributed by atoms with Gasteiger partial charge in [0, 0.05) is 23.9 Å². The summed E-state index contributed by atoms with van der Waals surface area (Å²) in [5.74, 6) is 0.488. The summed E-state index contributed by atoms with van der Waals surface area (Å²) in [7, 11) is 0. The van der Waals surface area contributed by atoms with Gasteiger partial charge in [-0.25, -0.2) is 0 Å². The van der Waals surface area contributed by atoms with Crippen molar-refractivity contribution in [3.8, 4) is 5.75 Å². The molecule has 118 valence electrons. The second-order valence-corrected chi connectivity index (χ2v) is 7.06. The fourth-order valence-corrected chi connectivity index (χ4v) is 3.23. The average molecular weight is 301 g/mol. The smallest absolute Gasteiger partial charge is 0.416 e. The van der Waals surface area contributed by atoms with Crippen LogP contribution in [0, 0.1) is 0 Å². The highest BCUT2D eigenvalue weighted by Gasteiger charge is 2.38. The number of hydrogen-bond donors (Lipinski definition) is 1. The first kappa shape index (κ1) is 16.1. The van der Waals surface area contributed by atoms with Crippen LogP contribution in [0.5, 0.6) is 5.75 Å². The summed E-state index contributed by atoms with van der Waals surface area (Å²) in [4.78, 5) is 0. The Balaban J connectivity index is 2.08. The van der Waals surface area contributed by atoms with E-state index < -0.39 is 11.7 Å². The first-order chi connectivity index (χ1) is 9.47. The van der Waals surface area contributed by atoms with Crippen molar-refractivity contribution in [2.24, 2.45) is 0 Å². The van der Waals surface area contributed by atoms with E-state index in [1.165, 1.54) is 12.1 Å². The number of halogens is 3. The van der Waals surface area contributed by atoms with Gasteiger partial charge in [-0.1, -0.05) is 0 Å². The lowest BCUT2D eigenvalue weighted by Gasteiger charge is -2.46. The third kappa shape index (κ3) is 4.37. The number of benzene rings is 1. The normalized spacial score (nSPS) is 22.0. The fraction of sp³-hybridized carbons (Fsp3) is 0.625. The minimum absolute atomic E-state index is 0.00649. The zero-order chi connectivity index (χ0) is 15.9. The van der Waals surface area contributed by atoms with Gasteiger partial charge in [0.25, 0.3) is 0 Å². The van der Waals surface area contributed by atoms with Crippen LogP contribution in [-0.2, 0) is 6.18 Å². The molecule has 21 heavy (non-hydrogen) atoms. The van der Waals surface area contributed by atoms with Gasteiger partial charge in [-0.15, -0.1) is 0 Å². The molecule has 0 radical (unpaired) electrons. The summed E-state index contributed by atoms with van der Waals surface area (Å²) in [6, 6.07) is 4.91. The molecule has 2 nitrogen and oxygen atoms in total. The van der Waals surface area contributed by atoms with E-state index in [-0.39, 0.29) is 17.2 Å². The Bertz CT molecular complexity index is 475. The Morgan fingerprint density at radius 3 is 1.90 bits per heavy atom. The van der Waals surface area contributed by atoms with E-state index >= 15 is 0 Å². The van der Waals surface area contributed by atoms with Crippen LogP contribution in [0.3, 0.4) is 0 Å². The van der Waals surface area contributed by atoms with E-state index in [2.05, 4.69) is 33.0 Å². The number of alkyl halides is 3. The molecule has 0 aromatic heterocycles. The van der Waals surface area contributed by atoms with Crippen molar-refractivity contribution in [1.82, 2.24) is 5.32 Å². The Hall–Kier alpha value is -1.23. The SMILES string of the molecule is CC1(C)CC(Oc2ccc(C(F)(F)F)cc2)CC(C)(C)N1. The molecule has 0 spiro atoms. The van der Waals surface area contributed by atoms with E-state index in [0.29, 0.717) is 5.75 Å². The van der Waals surface area contributed by atoms with Crippen molar-refractivity contribution in [3.05, 3.63) is 29.8 Å². The van der Waals surface area contributed by atoms with Crippen molar-refractivity contribution in [2.45, 2.75) is 63.9 Å². The van der Waals surface area contributed by atoms with Crippen molar-refractivity contribution in [3.63, 3.8) is 0 Å². The predicted octanol–water partition coefficient (Wildman–Crippen LogP) is 4.39. The molecule has 1 heterocycles. The average Bonchev–Trinajstić information content (AvgIpc) is 2.23. The summed E-state index contributed by atoms with van der Waals surface area (Å²) < 4.78 is 43.5. The first-order valence-corrected chi connectivity index (χ1v) is 7.10. The van der Waals surface area contributed by atoms with E-state index in [1.807, 2.05) is 0 Å². The number of nitrogens with one attached hydrogen (secondary N) is 1. The number of piperidine rings is 1. The van der Waals surface area contributed by atoms with Crippen molar-refractivity contribution >= 4 is 0 Å². The van der Waals surface area contributed by atoms with E-state index in [9.17, 15) is 13.2 Å². The third-order valence-corrected chi connectivity index (χ3v) is 3.64. The Morgan fingerprint density at radius 1 is 1.00 bits per heavy atom. The predicted molar refractivity (Wildman–Crippen MR) is 76.4 cm³/mol. The second-order valence-electron chi connectivity index (χ2n) is 7.06. The molecule has 1 fully saturated rings. The van der Waals surface area contributed by atoms with Gasteiger partial charge in [-0.3, -0.25) is 0 Å². The molecule has 1 aromatic carbocycles. The van der Waals surface area contributed by atoms with Gasteiger partial charge in [-0.05, 0) is 52.0 Å². The van der Waals surface area contributed by atoms with Crippen LogP contribution in [0.25, 0.3) is 0 Å². The Morgan fingerprint density at radius 2 is 1.48 bits per heavy atom. The lowest BCUT2D eigenvalue weighted by molar-refractivity contribution is -0.137. The van der Waals surface area contributed by atoms with Gasteiger partial charge in [0.15, 0.2) is 0 Å². The Kier molecular flexibility index (Phi) is 4.00. The molecule has 0 bridgehead atoms. The summed E-state index contributed by atoms with van der Waals surface area (Å²) in [5.41, 5.74) is -0.766. The molecule has 1 aromatic rings. The van der Waals surface area contributed by atoms with Crippen LogP contribution in [-0.4, -0.2) is 17.2 Å². The monoisotopic (exact) mass is 301 g/mol. The summed E-state index contributed by atoms with van der Waals surface area (Å²) in [5, 5.41) is 3.55. The quantitative estimate of drug-likeness (QED) is 0.874. The van der Waals surface area contributed by atoms with E-state index in [4.69, 9.17) is 4.74 Å². The van der Waals surface area contributed by atoms with Gasteiger partial charge in [0.2, 0.25) is 0 Å². The zero-order valence-electron chi connectivity index (χ0n) is 12.8. The molecule has 0 atom stereocenters. The zero-order valence-corrected chi connectivity index (χ0v) is 12.8. The summed E-state index contributed by atoms with van der Waals surface area (Å²) >= 11 is 0. The lowest BCUT2D eigenvalue weighted by Crippen LogP contribution is -2.60. The van der Waals surface area contributed by atoms with Gasteiger partial charge < -0.3 is 10.1 Å². The second kappa shape index (κ2) is 5.20. The molecular formula is C16H22F3NO. The van der Waals surface area contributed by atoms with Crippen LogP contribution in [0.4, 0.5) is 13.2 Å². The highest BCUT2D eigenvalue weighted by atomic mass is 19.4. The highest BCUT2D eigenvalue weighted by Crippen LogP contribution is 2.33. The molecule has 5 heteroatoms. The maximum Gasteiger partial charge on any atom is 0.416 e. The largest absolute Gasteiger partial charge is 0.490 e. The summed E-state index contributed by atoms with van der Waals surface area (Å²) in [6.07, 6.45) is -2.68. The van der Waals surface area contributed by atoms with Crippen molar-refractivity contribution in [2.75, 3.05) is 0 Å². The molecule has 0 saturated carbocycles. The van der Waals surface area contributed by atoms with Crippen LogP contribution in [0.15, 0.2) is 24.3 Å². The van der Waals surface area contributed by atoms with Gasteiger partial charge >= 0.3 is 6.18 Å². The highest BCUT2D eigenvalue weighted by molar-refractivity contribution is 5.29. The van der Waals surface area contributed by atoms with Crippen molar-refractivity contribution in [1.29, 1.82) is 0 Å². The molecular weight excluding hydrogens is 279 g/mol. The molecule has 1 saturated heterocycles. The lowest BCUT2D eigenvalue weighted by atomic mass is 9.81. The van der Waals surface area contributed by atoms with E-state index in [0.717, 1.165) is 25.0 Å². The standard InChI is InChI=1S/C16H22F3NO/c1-14(2)9-13(10-15(3,4)20-14)21-12-7-5-11(6-8-12)16(17,18)19/h5-8,13,20H,9-10H2,1-4H3. The van der Waals surface area contributed by atoms with Crippen molar-refractivity contribution < 1.29 is 17.9 Å². The first-order valence-electron chi connectivity index (χ1n) is 7.10. The van der Waals surface area contributed by atoms with Crippen LogP contribution in [0.2, 0.25) is 0 Å². The molecule has 1 aliphatic heterocycles. The van der Waals surface area contributed by atoms with Gasteiger partial charge in [0.1, 0.15) is 11.9 Å². The van der Waals surface area contributed by atoms with Gasteiger partial charge in [0.05, 0.1) is 5.56 Å². The molecule has 2 rings (SSSR count). The summed E-state index contributed by atoms with van der Waals surface area (Å²) in [6.45, 7) is 8.43. The minimum Gasteiger partial charge on any atom is -0.490 e. The fourth-order valence-electron chi connectivity index (χ4n) is 3.23. The van der Waals surface area contributed by atoms with Crippen LogP contribution in [0.1, 0.15) is 46.1 Å². The number of rotatable bonds is 2. The molecule has 0 unspecified atom stereocenters. The van der Waals surface area contributed by atoms with Crippen LogP contribution >= 0.6 is 0 Å². The Labute approximate surface area is 123 Å². The van der Waals surface area contributed by atoms with Crippen LogP contribution < -0.4 is 10.1 Å². The molecule has 1 aliphatic rings. The molecule has 0 aliphatic carbocycles. The molecule has 1 N–H and O–H groups in total. The number of ether oxygens (including phenoxy) is 1. The van der Waals surface area contributed by atoms with E-state index in [1.54, 1.807) is 0 Å².